The maximum absolute atomic E-state index is 12.7. The van der Waals surface area contributed by atoms with Crippen LogP contribution >= 0.6 is 0 Å². The Morgan fingerprint density at radius 3 is 2.48 bits per heavy atom. The lowest BCUT2D eigenvalue weighted by Crippen LogP contribution is -2.37. The molecule has 0 bridgehead atoms. The fraction of sp³-hybridized carbons (Fsp3) is 0.364. The number of nitrogens with zero attached hydrogens (tertiary/aromatic N) is 4. The zero-order chi connectivity index (χ0) is 18.6. The van der Waals surface area contributed by atoms with Crippen LogP contribution in [0.25, 0.3) is 5.69 Å². The molecule has 1 aliphatic heterocycles. The van der Waals surface area contributed by atoms with Crippen LogP contribution in [-0.2, 0) is 13.5 Å². The third-order valence-electron chi connectivity index (χ3n) is 5.39. The molecule has 2 aromatic carbocycles. The first-order valence-electron chi connectivity index (χ1n) is 9.70. The van der Waals surface area contributed by atoms with Crippen molar-refractivity contribution in [2.75, 3.05) is 19.6 Å². The molecular formula is C22H26N4O. The van der Waals surface area contributed by atoms with Gasteiger partial charge in [0.1, 0.15) is 5.82 Å². The molecule has 1 aromatic heterocycles. The number of piperidine rings is 1. The molecule has 0 aliphatic carbocycles. The third kappa shape index (κ3) is 3.88. The molecule has 0 radical (unpaired) electrons. The average Bonchev–Trinajstić information content (AvgIpc) is 3.03. The van der Waals surface area contributed by atoms with Crippen molar-refractivity contribution in [1.29, 1.82) is 0 Å². The molecule has 140 valence electrons. The quantitative estimate of drug-likeness (QED) is 0.701. The van der Waals surface area contributed by atoms with E-state index in [0.717, 1.165) is 50.4 Å². The first-order chi connectivity index (χ1) is 13.2. The molecule has 0 spiro atoms. The van der Waals surface area contributed by atoms with Crippen LogP contribution in [0.3, 0.4) is 0 Å². The van der Waals surface area contributed by atoms with Gasteiger partial charge in [-0.1, -0.05) is 48.5 Å². The van der Waals surface area contributed by atoms with E-state index in [0.29, 0.717) is 0 Å². The Morgan fingerprint density at radius 2 is 1.74 bits per heavy atom. The van der Waals surface area contributed by atoms with E-state index >= 15 is 0 Å². The predicted molar refractivity (Wildman–Crippen MR) is 107 cm³/mol. The molecule has 3 aromatic rings. The summed E-state index contributed by atoms with van der Waals surface area (Å²) >= 11 is 0. The molecule has 1 fully saturated rings. The summed E-state index contributed by atoms with van der Waals surface area (Å²) in [6.07, 6.45) is 3.27. The minimum Gasteiger partial charge on any atom is -0.302 e. The number of likely N-dealkylation sites (tertiary alicyclic amines) is 1. The van der Waals surface area contributed by atoms with Gasteiger partial charge in [0.25, 0.3) is 0 Å². The summed E-state index contributed by atoms with van der Waals surface area (Å²) in [5, 5.41) is 4.60. The van der Waals surface area contributed by atoms with Crippen molar-refractivity contribution in [2.24, 2.45) is 7.05 Å². The van der Waals surface area contributed by atoms with Gasteiger partial charge in [0.2, 0.25) is 0 Å². The topological polar surface area (TPSA) is 43.1 Å². The summed E-state index contributed by atoms with van der Waals surface area (Å²) in [5.74, 6) is 1.17. The number of rotatable bonds is 5. The van der Waals surface area contributed by atoms with Crippen LogP contribution in [0.4, 0.5) is 0 Å². The van der Waals surface area contributed by atoms with Crippen molar-refractivity contribution in [3.05, 3.63) is 82.5 Å². The molecule has 4 rings (SSSR count). The van der Waals surface area contributed by atoms with Gasteiger partial charge in [0.15, 0.2) is 0 Å². The summed E-state index contributed by atoms with van der Waals surface area (Å²) in [6, 6.07) is 20.5. The monoisotopic (exact) mass is 362 g/mol. The van der Waals surface area contributed by atoms with E-state index in [1.165, 1.54) is 10.2 Å². The van der Waals surface area contributed by atoms with Crippen molar-refractivity contribution in [3.8, 4) is 5.69 Å². The van der Waals surface area contributed by atoms with Gasteiger partial charge in [-0.25, -0.2) is 14.0 Å². The normalized spacial score (nSPS) is 17.9. The van der Waals surface area contributed by atoms with Crippen LogP contribution in [-0.4, -0.2) is 38.9 Å². The highest BCUT2D eigenvalue weighted by atomic mass is 16.2. The van der Waals surface area contributed by atoms with Crippen molar-refractivity contribution in [2.45, 2.75) is 25.2 Å². The molecule has 0 N–H and O–H groups in total. The second-order valence-electron chi connectivity index (χ2n) is 7.31. The first kappa shape index (κ1) is 17.7. The Morgan fingerprint density at radius 1 is 1.04 bits per heavy atom. The van der Waals surface area contributed by atoms with E-state index in [-0.39, 0.29) is 11.6 Å². The van der Waals surface area contributed by atoms with Gasteiger partial charge in [-0.2, -0.15) is 5.10 Å². The summed E-state index contributed by atoms with van der Waals surface area (Å²) < 4.78 is 3.25. The maximum Gasteiger partial charge on any atom is 0.350 e. The highest BCUT2D eigenvalue weighted by Gasteiger charge is 2.27. The lowest BCUT2D eigenvalue weighted by Gasteiger charge is -2.32. The first-order valence-corrected chi connectivity index (χ1v) is 9.70. The number of hydrogen-bond acceptors (Lipinski definition) is 3. The Hall–Kier alpha value is -2.66. The summed E-state index contributed by atoms with van der Waals surface area (Å²) in [4.78, 5) is 15.2. The van der Waals surface area contributed by atoms with E-state index in [2.05, 4.69) is 40.3 Å². The molecule has 2 heterocycles. The van der Waals surface area contributed by atoms with E-state index in [4.69, 9.17) is 0 Å². The summed E-state index contributed by atoms with van der Waals surface area (Å²) in [7, 11) is 1.74. The number of aryl methyl sites for hydroxylation is 1. The molecule has 1 saturated heterocycles. The Labute approximate surface area is 159 Å². The zero-order valence-electron chi connectivity index (χ0n) is 15.8. The van der Waals surface area contributed by atoms with Gasteiger partial charge in [-0.3, -0.25) is 0 Å². The van der Waals surface area contributed by atoms with E-state index < -0.39 is 0 Å². The highest BCUT2D eigenvalue weighted by Crippen LogP contribution is 2.26. The predicted octanol–water partition coefficient (Wildman–Crippen LogP) is 2.99. The van der Waals surface area contributed by atoms with Crippen LogP contribution in [0, 0.1) is 0 Å². The van der Waals surface area contributed by atoms with Crippen molar-refractivity contribution >= 4 is 0 Å². The maximum atomic E-state index is 12.7. The zero-order valence-corrected chi connectivity index (χ0v) is 15.8. The van der Waals surface area contributed by atoms with Crippen molar-refractivity contribution < 1.29 is 0 Å². The van der Waals surface area contributed by atoms with Gasteiger partial charge in [-0.05, 0) is 43.5 Å². The number of benzene rings is 2. The largest absolute Gasteiger partial charge is 0.350 e. The van der Waals surface area contributed by atoms with Crippen molar-refractivity contribution in [3.63, 3.8) is 0 Å². The van der Waals surface area contributed by atoms with E-state index in [1.807, 2.05) is 30.3 Å². The van der Waals surface area contributed by atoms with Gasteiger partial charge in [0, 0.05) is 26.1 Å². The Kier molecular flexibility index (Phi) is 5.21. The lowest BCUT2D eigenvalue weighted by molar-refractivity contribution is 0.205. The molecule has 0 saturated carbocycles. The number of aromatic nitrogens is 3. The van der Waals surface area contributed by atoms with Crippen molar-refractivity contribution in [1.82, 2.24) is 19.2 Å². The fourth-order valence-electron chi connectivity index (χ4n) is 3.97. The van der Waals surface area contributed by atoms with Gasteiger partial charge in [-0.15, -0.1) is 0 Å². The van der Waals surface area contributed by atoms with E-state index in [1.54, 1.807) is 11.6 Å². The minimum absolute atomic E-state index is 0.0717. The van der Waals surface area contributed by atoms with Crippen LogP contribution in [0.5, 0.6) is 0 Å². The smallest absolute Gasteiger partial charge is 0.302 e. The molecule has 1 unspecified atom stereocenters. The SMILES string of the molecule is Cn1nc(C2CCCN(CCc3ccccc3)C2)n(-c2ccccc2)c1=O. The molecule has 5 heteroatoms. The van der Waals surface area contributed by atoms with E-state index in [9.17, 15) is 4.79 Å². The second-order valence-corrected chi connectivity index (χ2v) is 7.31. The third-order valence-corrected chi connectivity index (χ3v) is 5.39. The van der Waals surface area contributed by atoms with Crippen LogP contribution in [0.15, 0.2) is 65.5 Å². The van der Waals surface area contributed by atoms with Crippen LogP contribution in [0.1, 0.15) is 30.1 Å². The van der Waals surface area contributed by atoms with Gasteiger partial charge >= 0.3 is 5.69 Å². The molecule has 1 aliphatic rings. The van der Waals surface area contributed by atoms with Crippen LogP contribution < -0.4 is 5.69 Å². The fourth-order valence-corrected chi connectivity index (χ4v) is 3.97. The van der Waals surface area contributed by atoms with Crippen LogP contribution in [0.2, 0.25) is 0 Å². The van der Waals surface area contributed by atoms with Gasteiger partial charge < -0.3 is 4.90 Å². The second kappa shape index (κ2) is 7.92. The molecule has 5 nitrogen and oxygen atoms in total. The number of para-hydroxylation sites is 1. The average molecular weight is 362 g/mol. The Balaban J connectivity index is 1.53. The molecular weight excluding hydrogens is 336 g/mol. The molecule has 1 atom stereocenters. The Bertz CT molecular complexity index is 930. The summed E-state index contributed by atoms with van der Waals surface area (Å²) in [6.45, 7) is 3.12. The minimum atomic E-state index is -0.0717. The lowest BCUT2D eigenvalue weighted by atomic mass is 9.96. The standard InChI is InChI=1S/C22H26N4O/c1-24-22(27)26(20-12-6-3-7-13-20)21(23-24)19-11-8-15-25(17-19)16-14-18-9-4-2-5-10-18/h2-7,9-10,12-13,19H,8,11,14-17H2,1H3. The van der Waals surface area contributed by atoms with Gasteiger partial charge in [0.05, 0.1) is 5.69 Å². The molecule has 27 heavy (non-hydrogen) atoms. The molecule has 0 amide bonds. The summed E-state index contributed by atoms with van der Waals surface area (Å²) in [5.41, 5.74) is 2.20. The highest BCUT2D eigenvalue weighted by molar-refractivity contribution is 5.33. The number of hydrogen-bond donors (Lipinski definition) is 0.